The first-order valence-corrected chi connectivity index (χ1v) is 7.34. The van der Waals surface area contributed by atoms with E-state index in [2.05, 4.69) is 5.32 Å². The maximum atomic E-state index is 12.1. The molecule has 0 saturated carbocycles. The Kier molecular flexibility index (Phi) is 5.42. The molecule has 0 spiro atoms. The number of amides is 1. The van der Waals surface area contributed by atoms with Crippen LogP contribution in [0.4, 0.5) is 5.69 Å². The molecule has 2 aromatic rings. The zero-order valence-electron chi connectivity index (χ0n) is 13.1. The molecule has 22 heavy (non-hydrogen) atoms. The molecular formula is C18H21NO3. The highest BCUT2D eigenvalue weighted by molar-refractivity contribution is 5.94. The molecule has 116 valence electrons. The Hall–Kier alpha value is -2.49. The smallest absolute Gasteiger partial charge is 0.265 e. The molecule has 0 aromatic heterocycles. The van der Waals surface area contributed by atoms with Gasteiger partial charge in [-0.3, -0.25) is 4.79 Å². The summed E-state index contributed by atoms with van der Waals surface area (Å²) in [4.78, 5) is 12.1. The van der Waals surface area contributed by atoms with Gasteiger partial charge in [-0.1, -0.05) is 18.2 Å². The maximum Gasteiger partial charge on any atom is 0.265 e. The van der Waals surface area contributed by atoms with Crippen LogP contribution in [0.3, 0.4) is 0 Å². The second kappa shape index (κ2) is 7.50. The van der Waals surface area contributed by atoms with Gasteiger partial charge in [0.1, 0.15) is 11.5 Å². The van der Waals surface area contributed by atoms with E-state index in [1.807, 2.05) is 68.4 Å². The number of ether oxygens (including phenoxy) is 2. The third-order valence-corrected chi connectivity index (χ3v) is 2.92. The SMILES string of the molecule is CC(C)Oc1ccc(NC(=O)C(C)Oc2ccccc2)cc1. The van der Waals surface area contributed by atoms with E-state index in [0.29, 0.717) is 11.4 Å². The summed E-state index contributed by atoms with van der Waals surface area (Å²) in [5, 5.41) is 2.82. The fraction of sp³-hybridized carbons (Fsp3) is 0.278. The standard InChI is InChI=1S/C18H21NO3/c1-13(2)21-17-11-9-15(10-12-17)19-18(20)14(3)22-16-7-5-4-6-8-16/h4-14H,1-3H3,(H,19,20). The summed E-state index contributed by atoms with van der Waals surface area (Å²) < 4.78 is 11.2. The summed E-state index contributed by atoms with van der Waals surface area (Å²) in [6.45, 7) is 5.66. The molecule has 1 amide bonds. The number of hydrogen-bond donors (Lipinski definition) is 1. The molecule has 0 radical (unpaired) electrons. The van der Waals surface area contributed by atoms with E-state index >= 15 is 0 Å². The van der Waals surface area contributed by atoms with Gasteiger partial charge in [0.2, 0.25) is 0 Å². The summed E-state index contributed by atoms with van der Waals surface area (Å²) in [5.41, 5.74) is 0.713. The Morgan fingerprint density at radius 1 is 0.864 bits per heavy atom. The van der Waals surface area contributed by atoms with Crippen molar-refractivity contribution in [3.8, 4) is 11.5 Å². The predicted molar refractivity (Wildman–Crippen MR) is 87.4 cm³/mol. The van der Waals surface area contributed by atoms with Crippen LogP contribution >= 0.6 is 0 Å². The molecule has 1 atom stereocenters. The van der Waals surface area contributed by atoms with Crippen molar-refractivity contribution in [3.63, 3.8) is 0 Å². The number of nitrogens with one attached hydrogen (secondary N) is 1. The van der Waals surface area contributed by atoms with Gasteiger partial charge in [0.05, 0.1) is 6.10 Å². The summed E-state index contributed by atoms with van der Waals surface area (Å²) >= 11 is 0. The number of carbonyl (C=O) groups excluding carboxylic acids is 1. The zero-order chi connectivity index (χ0) is 15.9. The summed E-state index contributed by atoms with van der Waals surface area (Å²) in [5.74, 6) is 1.26. The van der Waals surface area contributed by atoms with Crippen molar-refractivity contribution in [2.45, 2.75) is 33.0 Å². The third-order valence-electron chi connectivity index (χ3n) is 2.92. The highest BCUT2D eigenvalue weighted by atomic mass is 16.5. The highest BCUT2D eigenvalue weighted by Crippen LogP contribution is 2.18. The van der Waals surface area contributed by atoms with Crippen LogP contribution < -0.4 is 14.8 Å². The molecule has 4 heteroatoms. The van der Waals surface area contributed by atoms with Gasteiger partial charge in [-0.05, 0) is 57.2 Å². The van der Waals surface area contributed by atoms with E-state index in [0.717, 1.165) is 5.75 Å². The van der Waals surface area contributed by atoms with Gasteiger partial charge in [-0.15, -0.1) is 0 Å². The van der Waals surface area contributed by atoms with Crippen molar-refractivity contribution in [3.05, 3.63) is 54.6 Å². The van der Waals surface area contributed by atoms with Gasteiger partial charge in [0, 0.05) is 5.69 Å². The first-order valence-electron chi connectivity index (χ1n) is 7.34. The van der Waals surface area contributed by atoms with Crippen LogP contribution in [0.5, 0.6) is 11.5 Å². The zero-order valence-corrected chi connectivity index (χ0v) is 13.1. The van der Waals surface area contributed by atoms with Crippen LogP contribution in [-0.2, 0) is 4.79 Å². The number of anilines is 1. The lowest BCUT2D eigenvalue weighted by Gasteiger charge is -2.15. The number of para-hydroxylation sites is 1. The van der Waals surface area contributed by atoms with E-state index in [1.54, 1.807) is 6.92 Å². The Balaban J connectivity index is 1.90. The fourth-order valence-corrected chi connectivity index (χ4v) is 1.89. The van der Waals surface area contributed by atoms with Crippen molar-refractivity contribution in [2.24, 2.45) is 0 Å². The lowest BCUT2D eigenvalue weighted by atomic mass is 10.2. The molecule has 0 aliphatic heterocycles. The van der Waals surface area contributed by atoms with Gasteiger partial charge in [-0.25, -0.2) is 0 Å². The molecule has 4 nitrogen and oxygen atoms in total. The van der Waals surface area contributed by atoms with Crippen molar-refractivity contribution >= 4 is 11.6 Å². The largest absolute Gasteiger partial charge is 0.491 e. The molecule has 0 aliphatic carbocycles. The topological polar surface area (TPSA) is 47.6 Å². The molecule has 1 N–H and O–H groups in total. The molecule has 0 saturated heterocycles. The molecular weight excluding hydrogens is 278 g/mol. The predicted octanol–water partition coefficient (Wildman–Crippen LogP) is 3.88. The van der Waals surface area contributed by atoms with Crippen molar-refractivity contribution in [2.75, 3.05) is 5.32 Å². The Labute approximate surface area is 131 Å². The van der Waals surface area contributed by atoms with Crippen LogP contribution in [0.15, 0.2) is 54.6 Å². The van der Waals surface area contributed by atoms with Crippen LogP contribution in [0, 0.1) is 0 Å². The van der Waals surface area contributed by atoms with Crippen LogP contribution in [0.25, 0.3) is 0 Å². The fourth-order valence-electron chi connectivity index (χ4n) is 1.89. The summed E-state index contributed by atoms with van der Waals surface area (Å²) in [7, 11) is 0. The number of rotatable bonds is 6. The van der Waals surface area contributed by atoms with E-state index in [4.69, 9.17) is 9.47 Å². The van der Waals surface area contributed by atoms with Gasteiger partial charge in [-0.2, -0.15) is 0 Å². The van der Waals surface area contributed by atoms with Gasteiger partial charge in [0.15, 0.2) is 6.10 Å². The molecule has 0 aliphatic rings. The highest BCUT2D eigenvalue weighted by Gasteiger charge is 2.14. The molecule has 0 fully saturated rings. The first kappa shape index (κ1) is 15.9. The van der Waals surface area contributed by atoms with Crippen LogP contribution in [0.1, 0.15) is 20.8 Å². The second-order valence-corrected chi connectivity index (χ2v) is 5.25. The maximum absolute atomic E-state index is 12.1. The lowest BCUT2D eigenvalue weighted by Crippen LogP contribution is -2.30. The monoisotopic (exact) mass is 299 g/mol. The average Bonchev–Trinajstić information content (AvgIpc) is 2.49. The van der Waals surface area contributed by atoms with Gasteiger partial charge >= 0.3 is 0 Å². The summed E-state index contributed by atoms with van der Waals surface area (Å²) in [6, 6.07) is 16.6. The molecule has 0 bridgehead atoms. The second-order valence-electron chi connectivity index (χ2n) is 5.25. The minimum atomic E-state index is -0.575. The quantitative estimate of drug-likeness (QED) is 0.880. The average molecular weight is 299 g/mol. The van der Waals surface area contributed by atoms with E-state index in [9.17, 15) is 4.79 Å². The van der Waals surface area contributed by atoms with Crippen molar-refractivity contribution in [1.82, 2.24) is 0 Å². The van der Waals surface area contributed by atoms with E-state index in [1.165, 1.54) is 0 Å². The minimum Gasteiger partial charge on any atom is -0.491 e. The van der Waals surface area contributed by atoms with Gasteiger partial charge in [0.25, 0.3) is 5.91 Å². The Morgan fingerprint density at radius 3 is 2.05 bits per heavy atom. The van der Waals surface area contributed by atoms with E-state index < -0.39 is 6.10 Å². The van der Waals surface area contributed by atoms with Crippen molar-refractivity contribution in [1.29, 1.82) is 0 Å². The normalized spacial score (nSPS) is 11.8. The van der Waals surface area contributed by atoms with Crippen LogP contribution in [0.2, 0.25) is 0 Å². The number of benzene rings is 2. The van der Waals surface area contributed by atoms with Crippen molar-refractivity contribution < 1.29 is 14.3 Å². The molecule has 0 heterocycles. The molecule has 2 aromatic carbocycles. The lowest BCUT2D eigenvalue weighted by molar-refractivity contribution is -0.122. The molecule has 1 unspecified atom stereocenters. The molecule has 2 rings (SSSR count). The van der Waals surface area contributed by atoms with Gasteiger partial charge < -0.3 is 14.8 Å². The Morgan fingerprint density at radius 2 is 1.45 bits per heavy atom. The summed E-state index contributed by atoms with van der Waals surface area (Å²) in [6.07, 6.45) is -0.450. The minimum absolute atomic E-state index is 0.125. The third kappa shape index (κ3) is 4.81. The van der Waals surface area contributed by atoms with Crippen LogP contribution in [-0.4, -0.2) is 18.1 Å². The van der Waals surface area contributed by atoms with E-state index in [-0.39, 0.29) is 12.0 Å². The number of hydrogen-bond acceptors (Lipinski definition) is 3. The Bertz CT molecular complexity index is 593. The first-order chi connectivity index (χ1) is 10.5. The number of carbonyl (C=O) groups is 1.